The van der Waals surface area contributed by atoms with Crippen molar-refractivity contribution in [2.45, 2.75) is 32.3 Å². The summed E-state index contributed by atoms with van der Waals surface area (Å²) in [5.74, 6) is -0.224. The van der Waals surface area contributed by atoms with Gasteiger partial charge in [0.25, 0.3) is 5.91 Å². The lowest BCUT2D eigenvalue weighted by Gasteiger charge is -2.27. The molecule has 0 aliphatic carbocycles. The number of furan rings is 1. The zero-order chi connectivity index (χ0) is 20.8. The molecule has 9 heteroatoms. The number of nitrogens with one attached hydrogen (secondary N) is 1. The summed E-state index contributed by atoms with van der Waals surface area (Å²) >= 11 is 1.51. The molecular weight excluding hydrogens is 394 g/mol. The van der Waals surface area contributed by atoms with Gasteiger partial charge in [-0.05, 0) is 32.4 Å². The highest BCUT2D eigenvalue weighted by Gasteiger charge is 2.47. The fraction of sp³-hybridized carbons (Fsp3) is 0.350. The van der Waals surface area contributed by atoms with Crippen LogP contribution >= 0.6 is 11.3 Å². The Morgan fingerprint density at radius 2 is 2.24 bits per heavy atom. The van der Waals surface area contributed by atoms with E-state index in [9.17, 15) is 14.7 Å². The summed E-state index contributed by atoms with van der Waals surface area (Å²) in [6, 6.07) is 3.38. The molecule has 1 aromatic carbocycles. The summed E-state index contributed by atoms with van der Waals surface area (Å²) in [6.45, 7) is 3.77. The number of carbonyl (C=O) groups is 2. The van der Waals surface area contributed by atoms with E-state index in [1.54, 1.807) is 25.3 Å². The van der Waals surface area contributed by atoms with Gasteiger partial charge in [0.2, 0.25) is 5.91 Å². The monoisotopic (exact) mass is 415 g/mol. The van der Waals surface area contributed by atoms with Crippen LogP contribution in [0.5, 0.6) is 5.75 Å². The molecule has 3 aromatic rings. The third-order valence-corrected chi connectivity index (χ3v) is 6.19. The molecular formula is C20H21N3O5S. The van der Waals surface area contributed by atoms with Crippen molar-refractivity contribution in [2.75, 3.05) is 13.2 Å². The lowest BCUT2D eigenvalue weighted by atomic mass is 9.76. The van der Waals surface area contributed by atoms with Crippen molar-refractivity contribution in [3.8, 4) is 5.75 Å². The number of aliphatic hydroxyl groups excluding tert-OH is 1. The van der Waals surface area contributed by atoms with Crippen LogP contribution in [0.25, 0.3) is 11.0 Å². The number of rotatable bonds is 6. The number of primary amides is 1. The van der Waals surface area contributed by atoms with Gasteiger partial charge < -0.3 is 25.3 Å². The largest absolute Gasteiger partial charge is 0.488 e. The third-order valence-electron chi connectivity index (χ3n) is 5.30. The number of nitrogens with zero attached hydrogens (tertiary/aromatic N) is 1. The Kier molecular flexibility index (Phi) is 4.79. The molecule has 1 unspecified atom stereocenters. The maximum absolute atomic E-state index is 12.8. The molecule has 8 nitrogen and oxygen atoms in total. The summed E-state index contributed by atoms with van der Waals surface area (Å²) in [4.78, 5) is 30.1. The van der Waals surface area contributed by atoms with Crippen LogP contribution in [-0.2, 0) is 16.8 Å². The fourth-order valence-corrected chi connectivity index (χ4v) is 4.65. The van der Waals surface area contributed by atoms with Crippen LogP contribution in [0.2, 0.25) is 0 Å². The normalized spacial score (nSPS) is 18.9. The van der Waals surface area contributed by atoms with Gasteiger partial charge in [0.1, 0.15) is 29.1 Å². The fourth-order valence-electron chi connectivity index (χ4n) is 3.94. The van der Waals surface area contributed by atoms with Crippen LogP contribution in [0.4, 0.5) is 0 Å². The first-order valence-electron chi connectivity index (χ1n) is 9.17. The third kappa shape index (κ3) is 3.06. The van der Waals surface area contributed by atoms with Gasteiger partial charge in [-0.3, -0.25) is 9.59 Å². The molecule has 1 fully saturated rings. The number of hydrogen-bond acceptors (Lipinski definition) is 7. The lowest BCUT2D eigenvalue weighted by molar-refractivity contribution is -0.125. The molecule has 3 heterocycles. The smallest absolute Gasteiger partial charge is 0.252 e. The van der Waals surface area contributed by atoms with E-state index in [1.165, 1.54) is 11.3 Å². The Hall–Kier alpha value is -2.91. The molecule has 1 atom stereocenters. The van der Waals surface area contributed by atoms with E-state index >= 15 is 0 Å². The predicted octanol–water partition coefficient (Wildman–Crippen LogP) is 1.93. The summed E-state index contributed by atoms with van der Waals surface area (Å²) in [5, 5.41) is 14.4. The van der Waals surface area contributed by atoms with Gasteiger partial charge >= 0.3 is 0 Å². The highest BCUT2D eigenvalue weighted by Crippen LogP contribution is 2.45. The molecule has 1 aliphatic rings. The first-order valence-corrected chi connectivity index (χ1v) is 9.98. The molecule has 0 spiro atoms. The highest BCUT2D eigenvalue weighted by atomic mass is 32.1. The Labute approximate surface area is 170 Å². The number of aromatic nitrogens is 1. The SMILES string of the molecule is Cc1ncc(COc2ccc3oc(C)c(C(N)=O)c3c2C2(CO)CCNC2=O)s1. The first kappa shape index (κ1) is 19.4. The van der Waals surface area contributed by atoms with Gasteiger partial charge in [-0.2, -0.15) is 0 Å². The number of nitrogens with two attached hydrogens (primary N) is 1. The minimum Gasteiger partial charge on any atom is -0.488 e. The zero-order valence-corrected chi connectivity index (χ0v) is 16.9. The van der Waals surface area contributed by atoms with Crippen molar-refractivity contribution < 1.29 is 23.8 Å². The molecule has 4 rings (SSSR count). The number of ether oxygens (including phenoxy) is 1. The number of hydrogen-bond donors (Lipinski definition) is 3. The summed E-state index contributed by atoms with van der Waals surface area (Å²) < 4.78 is 11.8. The standard InChI is InChI=1S/C20H21N3O5S/c1-10-15(18(21)25)16-13(28-10)3-4-14(27-8-12-7-23-11(2)29-12)17(16)20(9-24)5-6-22-19(20)26/h3-4,7,24H,5-6,8-9H2,1-2H3,(H2,21,25)(H,22,26). The molecule has 0 bridgehead atoms. The average molecular weight is 415 g/mol. The van der Waals surface area contributed by atoms with Gasteiger partial charge in [0.15, 0.2) is 0 Å². The number of aliphatic hydroxyl groups is 1. The zero-order valence-electron chi connectivity index (χ0n) is 16.1. The second-order valence-electron chi connectivity index (χ2n) is 7.09. The van der Waals surface area contributed by atoms with Gasteiger partial charge in [0.05, 0.1) is 22.1 Å². The van der Waals surface area contributed by atoms with E-state index in [0.29, 0.717) is 41.0 Å². The highest BCUT2D eigenvalue weighted by molar-refractivity contribution is 7.11. The summed E-state index contributed by atoms with van der Waals surface area (Å²) in [5.41, 5.74) is 5.41. The van der Waals surface area contributed by atoms with Crippen molar-refractivity contribution in [1.29, 1.82) is 0 Å². The molecule has 1 saturated heterocycles. The summed E-state index contributed by atoms with van der Waals surface area (Å²) in [7, 11) is 0. The van der Waals surface area contributed by atoms with Crippen LogP contribution in [0.15, 0.2) is 22.7 Å². The van der Waals surface area contributed by atoms with Crippen LogP contribution in [0.1, 0.15) is 38.0 Å². The van der Waals surface area contributed by atoms with E-state index in [-0.39, 0.29) is 18.1 Å². The number of benzene rings is 1. The van der Waals surface area contributed by atoms with Gasteiger partial charge in [0, 0.05) is 23.7 Å². The summed E-state index contributed by atoms with van der Waals surface area (Å²) in [6.07, 6.45) is 2.10. The Morgan fingerprint density at radius 1 is 1.45 bits per heavy atom. The Bertz CT molecular complexity index is 1120. The predicted molar refractivity (Wildman–Crippen MR) is 107 cm³/mol. The lowest BCUT2D eigenvalue weighted by Crippen LogP contribution is -2.39. The molecule has 2 aromatic heterocycles. The van der Waals surface area contributed by atoms with Crippen molar-refractivity contribution in [3.05, 3.63) is 45.1 Å². The maximum atomic E-state index is 12.8. The molecule has 1 aliphatic heterocycles. The van der Waals surface area contributed by atoms with E-state index in [1.807, 2.05) is 6.92 Å². The number of thiazole rings is 1. The molecule has 0 radical (unpaired) electrons. The molecule has 2 amide bonds. The molecule has 0 saturated carbocycles. The van der Waals surface area contributed by atoms with E-state index in [0.717, 1.165) is 9.88 Å². The van der Waals surface area contributed by atoms with E-state index in [4.69, 9.17) is 14.9 Å². The van der Waals surface area contributed by atoms with Gasteiger partial charge in [-0.1, -0.05) is 0 Å². The maximum Gasteiger partial charge on any atom is 0.252 e. The van der Waals surface area contributed by atoms with Crippen LogP contribution in [0.3, 0.4) is 0 Å². The first-order chi connectivity index (χ1) is 13.9. The van der Waals surface area contributed by atoms with Crippen molar-refractivity contribution >= 4 is 34.1 Å². The van der Waals surface area contributed by atoms with Crippen LogP contribution in [-0.4, -0.2) is 35.1 Å². The Morgan fingerprint density at radius 3 is 2.83 bits per heavy atom. The number of aryl methyl sites for hydroxylation is 2. The van der Waals surface area contributed by atoms with Gasteiger partial charge in [-0.25, -0.2) is 4.98 Å². The van der Waals surface area contributed by atoms with Crippen molar-refractivity contribution in [1.82, 2.24) is 10.3 Å². The second kappa shape index (κ2) is 7.16. The minimum atomic E-state index is -1.25. The van der Waals surface area contributed by atoms with Crippen LogP contribution < -0.4 is 15.8 Å². The van der Waals surface area contributed by atoms with E-state index < -0.39 is 17.9 Å². The van der Waals surface area contributed by atoms with Crippen molar-refractivity contribution in [3.63, 3.8) is 0 Å². The molecule has 29 heavy (non-hydrogen) atoms. The van der Waals surface area contributed by atoms with Crippen molar-refractivity contribution in [2.24, 2.45) is 5.73 Å². The molecule has 4 N–H and O–H groups in total. The Balaban J connectivity index is 1.94. The van der Waals surface area contributed by atoms with Crippen LogP contribution in [0, 0.1) is 13.8 Å². The molecule has 152 valence electrons. The second-order valence-corrected chi connectivity index (χ2v) is 8.41. The average Bonchev–Trinajstić information content (AvgIpc) is 3.36. The van der Waals surface area contributed by atoms with E-state index in [2.05, 4.69) is 10.3 Å². The number of carbonyl (C=O) groups excluding carboxylic acids is 2. The number of amides is 2. The van der Waals surface area contributed by atoms with Gasteiger partial charge in [-0.15, -0.1) is 11.3 Å². The topological polar surface area (TPSA) is 128 Å². The number of fused-ring (bicyclic) bond motifs is 1. The quantitative estimate of drug-likeness (QED) is 0.564. The minimum absolute atomic E-state index is 0.196.